The molecule has 3 heterocycles. The first-order valence-corrected chi connectivity index (χ1v) is 13.4. The SMILES string of the molecule is O=C(c1ccc2c(c1)N(Cc1ccccc1F)C(=O)c1ccccc1S2=O)N1CCC2(CC1)OCCO2. The molecule has 2 amide bonds. The molecule has 190 valence electrons. The van der Waals surface area contributed by atoms with Gasteiger partial charge in [0.15, 0.2) is 5.79 Å². The monoisotopic (exact) mass is 520 g/mol. The Morgan fingerprint density at radius 3 is 2.41 bits per heavy atom. The van der Waals surface area contributed by atoms with Gasteiger partial charge in [0.05, 0.1) is 51.6 Å². The summed E-state index contributed by atoms with van der Waals surface area (Å²) in [6, 6.07) is 17.9. The molecule has 3 aromatic rings. The van der Waals surface area contributed by atoms with Crippen molar-refractivity contribution in [2.75, 3.05) is 31.2 Å². The molecule has 37 heavy (non-hydrogen) atoms. The van der Waals surface area contributed by atoms with Crippen LogP contribution in [0.2, 0.25) is 0 Å². The molecule has 1 spiro atoms. The van der Waals surface area contributed by atoms with Crippen molar-refractivity contribution in [2.45, 2.75) is 35.0 Å². The van der Waals surface area contributed by atoms with E-state index in [1.54, 1.807) is 65.6 Å². The Kier molecular flexibility index (Phi) is 6.14. The Morgan fingerprint density at radius 1 is 0.946 bits per heavy atom. The van der Waals surface area contributed by atoms with E-state index >= 15 is 0 Å². The van der Waals surface area contributed by atoms with Gasteiger partial charge in [0.1, 0.15) is 5.82 Å². The Labute approximate surface area is 216 Å². The van der Waals surface area contributed by atoms with Gasteiger partial charge in [-0.3, -0.25) is 9.59 Å². The van der Waals surface area contributed by atoms with E-state index in [0.29, 0.717) is 71.3 Å². The van der Waals surface area contributed by atoms with Gasteiger partial charge in [-0.1, -0.05) is 30.3 Å². The smallest absolute Gasteiger partial charge is 0.259 e. The molecular formula is C28H25FN2O5S. The van der Waals surface area contributed by atoms with E-state index in [0.717, 1.165) is 0 Å². The number of nitrogens with zero attached hydrogens (tertiary/aromatic N) is 2. The fourth-order valence-electron chi connectivity index (χ4n) is 5.17. The van der Waals surface area contributed by atoms with Crippen LogP contribution in [0.5, 0.6) is 0 Å². The van der Waals surface area contributed by atoms with E-state index in [1.165, 1.54) is 11.0 Å². The van der Waals surface area contributed by atoms with Crippen LogP contribution in [0.4, 0.5) is 10.1 Å². The molecule has 1 atom stereocenters. The number of likely N-dealkylation sites (tertiary alicyclic amines) is 1. The first-order valence-electron chi connectivity index (χ1n) is 12.2. The third kappa shape index (κ3) is 4.27. The van der Waals surface area contributed by atoms with Crippen molar-refractivity contribution in [3.63, 3.8) is 0 Å². The molecule has 0 N–H and O–H groups in total. The van der Waals surface area contributed by atoms with Gasteiger partial charge in [-0.05, 0) is 36.4 Å². The van der Waals surface area contributed by atoms with Gasteiger partial charge in [0.25, 0.3) is 11.8 Å². The second-order valence-electron chi connectivity index (χ2n) is 9.33. The number of benzene rings is 3. The van der Waals surface area contributed by atoms with Crippen LogP contribution in [0.3, 0.4) is 0 Å². The predicted octanol–water partition coefficient (Wildman–Crippen LogP) is 4.13. The first kappa shape index (κ1) is 24.0. The summed E-state index contributed by atoms with van der Waals surface area (Å²) in [5.41, 5.74) is 1.32. The molecule has 2 fully saturated rings. The van der Waals surface area contributed by atoms with Crippen LogP contribution < -0.4 is 4.90 Å². The summed E-state index contributed by atoms with van der Waals surface area (Å²) >= 11 is 0. The Hall–Kier alpha value is -3.40. The molecular weight excluding hydrogens is 495 g/mol. The topological polar surface area (TPSA) is 76.2 Å². The Morgan fingerprint density at radius 2 is 1.65 bits per heavy atom. The van der Waals surface area contributed by atoms with Crippen LogP contribution >= 0.6 is 0 Å². The largest absolute Gasteiger partial charge is 0.347 e. The normalized spacial score (nSPS) is 20.5. The van der Waals surface area contributed by atoms with Crippen molar-refractivity contribution in [3.8, 4) is 0 Å². The van der Waals surface area contributed by atoms with Crippen LogP contribution in [-0.4, -0.2) is 53.0 Å². The van der Waals surface area contributed by atoms with Gasteiger partial charge >= 0.3 is 0 Å². The van der Waals surface area contributed by atoms with Crippen molar-refractivity contribution in [2.24, 2.45) is 0 Å². The van der Waals surface area contributed by atoms with Crippen LogP contribution in [0.1, 0.15) is 39.1 Å². The van der Waals surface area contributed by atoms with E-state index < -0.39 is 28.3 Å². The summed E-state index contributed by atoms with van der Waals surface area (Å²) in [6.45, 7) is 2.01. The highest BCUT2D eigenvalue weighted by molar-refractivity contribution is 7.85. The summed E-state index contributed by atoms with van der Waals surface area (Å²) in [7, 11) is -1.66. The lowest BCUT2D eigenvalue weighted by Gasteiger charge is -2.37. The Balaban J connectivity index is 1.38. The molecule has 1 unspecified atom stereocenters. The number of hydrogen-bond acceptors (Lipinski definition) is 5. The van der Waals surface area contributed by atoms with Gasteiger partial charge in [-0.15, -0.1) is 0 Å². The van der Waals surface area contributed by atoms with Gasteiger partial charge in [-0.25, -0.2) is 8.60 Å². The van der Waals surface area contributed by atoms with Gasteiger partial charge < -0.3 is 19.3 Å². The summed E-state index contributed by atoms with van der Waals surface area (Å²) < 4.78 is 39.8. The lowest BCUT2D eigenvalue weighted by Crippen LogP contribution is -2.47. The minimum absolute atomic E-state index is 0.0669. The zero-order valence-electron chi connectivity index (χ0n) is 20.0. The number of ether oxygens (including phenoxy) is 2. The minimum atomic E-state index is -1.66. The summed E-state index contributed by atoms with van der Waals surface area (Å²) in [5.74, 6) is -1.63. The maximum atomic E-state index is 14.6. The van der Waals surface area contributed by atoms with Crippen LogP contribution in [0.25, 0.3) is 0 Å². The molecule has 2 saturated heterocycles. The van der Waals surface area contributed by atoms with E-state index in [1.807, 2.05) is 0 Å². The molecule has 3 aliphatic rings. The molecule has 9 heteroatoms. The van der Waals surface area contributed by atoms with Crippen molar-refractivity contribution in [3.05, 3.63) is 89.2 Å². The third-order valence-corrected chi connectivity index (χ3v) is 8.67. The highest BCUT2D eigenvalue weighted by Gasteiger charge is 2.41. The zero-order valence-corrected chi connectivity index (χ0v) is 20.8. The fourth-order valence-corrected chi connectivity index (χ4v) is 6.51. The average molecular weight is 521 g/mol. The number of piperidine rings is 1. The number of fused-ring (bicyclic) bond motifs is 2. The van der Waals surface area contributed by atoms with Crippen LogP contribution in [-0.2, 0) is 26.8 Å². The van der Waals surface area contributed by atoms with E-state index in [9.17, 15) is 18.2 Å². The van der Waals surface area contributed by atoms with Crippen molar-refractivity contribution < 1.29 is 27.7 Å². The second kappa shape index (κ2) is 9.48. The van der Waals surface area contributed by atoms with Gasteiger partial charge in [0, 0.05) is 37.1 Å². The van der Waals surface area contributed by atoms with Crippen molar-refractivity contribution >= 4 is 28.3 Å². The quantitative estimate of drug-likeness (QED) is 0.519. The van der Waals surface area contributed by atoms with Gasteiger partial charge in [0.2, 0.25) is 0 Å². The fraction of sp³-hybridized carbons (Fsp3) is 0.286. The predicted molar refractivity (Wildman–Crippen MR) is 134 cm³/mol. The molecule has 6 rings (SSSR count). The molecule has 0 radical (unpaired) electrons. The summed E-state index contributed by atoms with van der Waals surface area (Å²) in [5, 5.41) is 0. The minimum Gasteiger partial charge on any atom is -0.347 e. The molecule has 7 nitrogen and oxygen atoms in total. The van der Waals surface area contributed by atoms with Crippen LogP contribution in [0.15, 0.2) is 76.5 Å². The number of carbonyl (C=O) groups is 2. The lowest BCUT2D eigenvalue weighted by molar-refractivity contribution is -0.181. The standard InChI is InChI=1S/C28H25FN2O5S/c29-22-7-3-1-5-20(22)18-31-23-17-19(26(32)30-13-11-28(12-14-30)35-15-16-36-28)9-10-25(23)37(34)24-8-4-2-6-21(24)27(31)33/h1-10,17H,11-16,18H2. The van der Waals surface area contributed by atoms with E-state index in [4.69, 9.17) is 9.47 Å². The second-order valence-corrected chi connectivity index (χ2v) is 10.7. The number of rotatable bonds is 3. The highest BCUT2D eigenvalue weighted by atomic mass is 32.2. The van der Waals surface area contributed by atoms with E-state index in [2.05, 4.69) is 0 Å². The third-order valence-electron chi connectivity index (χ3n) is 7.17. The maximum Gasteiger partial charge on any atom is 0.259 e. The van der Waals surface area contributed by atoms with Gasteiger partial charge in [-0.2, -0.15) is 0 Å². The number of carbonyl (C=O) groups excluding carboxylic acids is 2. The molecule has 3 aromatic carbocycles. The maximum absolute atomic E-state index is 14.6. The molecule has 0 aromatic heterocycles. The van der Waals surface area contributed by atoms with Crippen molar-refractivity contribution in [1.29, 1.82) is 0 Å². The molecule has 0 saturated carbocycles. The lowest BCUT2D eigenvalue weighted by atomic mass is 10.0. The first-order chi connectivity index (χ1) is 18.0. The van der Waals surface area contributed by atoms with Crippen molar-refractivity contribution in [1.82, 2.24) is 4.90 Å². The number of halogens is 1. The number of anilines is 1. The highest BCUT2D eigenvalue weighted by Crippen LogP contribution is 2.37. The average Bonchev–Trinajstić information content (AvgIpc) is 3.36. The summed E-state index contributed by atoms with van der Waals surface area (Å²) in [6.07, 6.45) is 1.17. The number of amides is 2. The molecule has 0 aliphatic carbocycles. The van der Waals surface area contributed by atoms with Crippen LogP contribution in [0, 0.1) is 5.82 Å². The molecule has 0 bridgehead atoms. The zero-order chi connectivity index (χ0) is 25.6. The Bertz CT molecular complexity index is 1410. The number of hydrogen-bond donors (Lipinski definition) is 0. The summed E-state index contributed by atoms with van der Waals surface area (Å²) in [4.78, 5) is 31.2. The van der Waals surface area contributed by atoms with E-state index in [-0.39, 0.29) is 12.5 Å². The molecule has 3 aliphatic heterocycles.